The maximum atomic E-state index is 14.1. The largest absolute Gasteiger partial charge is 0.358 e. The maximum absolute atomic E-state index is 14.1. The molecule has 152 valence electrons. The van der Waals surface area contributed by atoms with E-state index in [0.29, 0.717) is 30.0 Å². The minimum Gasteiger partial charge on any atom is -0.358 e. The summed E-state index contributed by atoms with van der Waals surface area (Å²) in [5.41, 5.74) is -0.465. The molecule has 4 rings (SSSR count). The molecule has 0 N–H and O–H groups in total. The molecule has 3 aromatic rings. The van der Waals surface area contributed by atoms with Gasteiger partial charge in [-0.3, -0.25) is 4.79 Å². The highest BCUT2D eigenvalue weighted by Gasteiger charge is 2.33. The summed E-state index contributed by atoms with van der Waals surface area (Å²) < 4.78 is 33.4. The van der Waals surface area contributed by atoms with Gasteiger partial charge in [0.2, 0.25) is 5.89 Å². The molecule has 1 aromatic carbocycles. The number of nitrogens with zero attached hydrogens (tertiary/aromatic N) is 5. The highest BCUT2D eigenvalue weighted by Crippen LogP contribution is 2.37. The van der Waals surface area contributed by atoms with Crippen LogP contribution in [0.15, 0.2) is 33.7 Å². The number of hydrogen-bond donors (Lipinski definition) is 0. The lowest BCUT2D eigenvalue weighted by Gasteiger charge is -2.25. The average Bonchev–Trinajstić information content (AvgIpc) is 3.33. The van der Waals surface area contributed by atoms with Crippen LogP contribution in [0.2, 0.25) is 5.02 Å². The van der Waals surface area contributed by atoms with Crippen molar-refractivity contribution in [3.8, 4) is 5.69 Å². The highest BCUT2D eigenvalue weighted by molar-refractivity contribution is 6.33. The van der Waals surface area contributed by atoms with E-state index in [-0.39, 0.29) is 22.7 Å². The van der Waals surface area contributed by atoms with Gasteiger partial charge in [0.15, 0.2) is 11.6 Å². The van der Waals surface area contributed by atoms with Gasteiger partial charge in [0.25, 0.3) is 5.56 Å². The fourth-order valence-corrected chi connectivity index (χ4v) is 3.63. The summed E-state index contributed by atoms with van der Waals surface area (Å²) in [5, 5.41) is 8.02. The summed E-state index contributed by atoms with van der Waals surface area (Å²) >= 11 is 6.34. The van der Waals surface area contributed by atoms with E-state index in [1.165, 1.54) is 6.20 Å². The van der Waals surface area contributed by atoms with Crippen LogP contribution >= 0.6 is 11.6 Å². The first-order valence-electron chi connectivity index (χ1n) is 9.20. The molecular weight excluding hydrogens is 404 g/mol. The van der Waals surface area contributed by atoms with Gasteiger partial charge < -0.3 is 9.42 Å². The molecule has 1 unspecified atom stereocenters. The topological polar surface area (TPSA) is 77.1 Å². The van der Waals surface area contributed by atoms with E-state index in [1.807, 2.05) is 18.7 Å². The second-order valence-corrected chi connectivity index (χ2v) is 7.53. The predicted octanol–water partition coefficient (Wildman–Crippen LogP) is 4.01. The summed E-state index contributed by atoms with van der Waals surface area (Å²) in [6.45, 7) is 4.55. The van der Waals surface area contributed by atoms with Crippen molar-refractivity contribution < 1.29 is 13.3 Å². The summed E-state index contributed by atoms with van der Waals surface area (Å²) in [6, 6.07) is 2.67. The van der Waals surface area contributed by atoms with Gasteiger partial charge in [-0.15, -0.1) is 0 Å². The van der Waals surface area contributed by atoms with Gasteiger partial charge in [0.05, 0.1) is 17.9 Å². The Bertz CT molecular complexity index is 1110. The van der Waals surface area contributed by atoms with E-state index in [1.54, 1.807) is 0 Å². The normalized spacial score (nSPS) is 16.8. The van der Waals surface area contributed by atoms with Crippen molar-refractivity contribution >= 4 is 17.3 Å². The second kappa shape index (κ2) is 7.55. The van der Waals surface area contributed by atoms with E-state index >= 15 is 0 Å². The van der Waals surface area contributed by atoms with Crippen LogP contribution in [0.5, 0.6) is 0 Å². The number of halogens is 3. The van der Waals surface area contributed by atoms with Gasteiger partial charge in [0.1, 0.15) is 16.5 Å². The van der Waals surface area contributed by atoms with Crippen molar-refractivity contribution in [2.75, 3.05) is 11.4 Å². The molecule has 1 aliphatic heterocycles. The van der Waals surface area contributed by atoms with E-state index in [2.05, 4.69) is 15.2 Å². The molecule has 0 aliphatic carbocycles. The van der Waals surface area contributed by atoms with Crippen molar-refractivity contribution in [2.24, 2.45) is 0 Å². The van der Waals surface area contributed by atoms with E-state index in [9.17, 15) is 13.6 Å². The van der Waals surface area contributed by atoms with Gasteiger partial charge in [-0.25, -0.2) is 8.78 Å². The van der Waals surface area contributed by atoms with Crippen LogP contribution in [0.4, 0.5) is 14.5 Å². The first kappa shape index (κ1) is 19.5. The van der Waals surface area contributed by atoms with Crippen molar-refractivity contribution in [3.63, 3.8) is 0 Å². The van der Waals surface area contributed by atoms with Crippen LogP contribution in [-0.4, -0.2) is 26.5 Å². The lowest BCUT2D eigenvalue weighted by molar-refractivity contribution is 0.358. The minimum absolute atomic E-state index is 0.103. The second-order valence-electron chi connectivity index (χ2n) is 7.15. The standard InChI is InChI=1S/C19H18ClF2N5O2/c1-10(2)18-24-17(25-29-18)14-4-3-7-26(14)15-9-23-27(19(28)16(15)20)13-6-5-11(21)8-12(13)22/h5-6,8-10,14H,3-4,7H2,1-2H3. The zero-order valence-electron chi connectivity index (χ0n) is 15.8. The summed E-state index contributed by atoms with van der Waals surface area (Å²) in [6.07, 6.45) is 3.01. The molecule has 10 heteroatoms. The molecule has 0 saturated carbocycles. The van der Waals surface area contributed by atoms with Crippen molar-refractivity contribution in [2.45, 2.75) is 38.6 Å². The zero-order chi connectivity index (χ0) is 20.7. The van der Waals surface area contributed by atoms with Crippen molar-refractivity contribution in [1.29, 1.82) is 0 Å². The molecule has 2 aromatic heterocycles. The molecule has 0 amide bonds. The lowest BCUT2D eigenvalue weighted by Crippen LogP contribution is -2.29. The summed E-state index contributed by atoms with van der Waals surface area (Å²) in [7, 11) is 0. The Hall–Kier alpha value is -2.81. The number of benzene rings is 1. The van der Waals surface area contributed by atoms with Crippen LogP contribution in [0.25, 0.3) is 5.69 Å². The molecule has 7 nitrogen and oxygen atoms in total. The fraction of sp³-hybridized carbons (Fsp3) is 0.368. The third-order valence-electron chi connectivity index (χ3n) is 4.85. The van der Waals surface area contributed by atoms with Crippen LogP contribution < -0.4 is 10.5 Å². The third-order valence-corrected chi connectivity index (χ3v) is 5.21. The molecule has 0 spiro atoms. The van der Waals surface area contributed by atoms with Crippen LogP contribution in [0.1, 0.15) is 50.4 Å². The van der Waals surface area contributed by atoms with E-state index < -0.39 is 17.2 Å². The molecule has 1 atom stereocenters. The Morgan fingerprint density at radius 2 is 2.07 bits per heavy atom. The zero-order valence-corrected chi connectivity index (χ0v) is 16.5. The SMILES string of the molecule is CC(C)c1nc(C2CCCN2c2cnn(-c3ccc(F)cc3F)c(=O)c2Cl)no1. The monoisotopic (exact) mass is 421 g/mol. The minimum atomic E-state index is -0.907. The summed E-state index contributed by atoms with van der Waals surface area (Å²) in [5.74, 6) is -0.488. The summed E-state index contributed by atoms with van der Waals surface area (Å²) in [4.78, 5) is 19.1. The Balaban J connectivity index is 1.71. The average molecular weight is 422 g/mol. The number of hydrogen-bond acceptors (Lipinski definition) is 6. The molecule has 0 bridgehead atoms. The van der Waals surface area contributed by atoms with Gasteiger partial charge in [0, 0.05) is 18.5 Å². The van der Waals surface area contributed by atoms with Gasteiger partial charge >= 0.3 is 0 Å². The van der Waals surface area contributed by atoms with Crippen molar-refractivity contribution in [3.05, 3.63) is 63.1 Å². The Morgan fingerprint density at radius 1 is 1.28 bits per heavy atom. The Morgan fingerprint density at radius 3 is 2.76 bits per heavy atom. The molecule has 1 aliphatic rings. The van der Waals surface area contributed by atoms with Gasteiger partial charge in [-0.1, -0.05) is 30.6 Å². The number of aromatic nitrogens is 4. The fourth-order valence-electron chi connectivity index (χ4n) is 3.39. The van der Waals surface area contributed by atoms with E-state index in [4.69, 9.17) is 16.1 Å². The third kappa shape index (κ3) is 3.50. The molecule has 1 saturated heterocycles. The van der Waals surface area contributed by atoms with Gasteiger partial charge in [-0.2, -0.15) is 14.8 Å². The molecule has 3 heterocycles. The quantitative estimate of drug-likeness (QED) is 0.633. The predicted molar refractivity (Wildman–Crippen MR) is 102 cm³/mol. The highest BCUT2D eigenvalue weighted by atomic mass is 35.5. The Kier molecular flexibility index (Phi) is 5.08. The van der Waals surface area contributed by atoms with Crippen molar-refractivity contribution in [1.82, 2.24) is 19.9 Å². The van der Waals surface area contributed by atoms with Crippen LogP contribution in [0, 0.1) is 11.6 Å². The molecular formula is C19H18ClF2N5O2. The van der Waals surface area contributed by atoms with Crippen LogP contribution in [0.3, 0.4) is 0 Å². The van der Waals surface area contributed by atoms with Crippen LogP contribution in [-0.2, 0) is 0 Å². The first-order chi connectivity index (χ1) is 13.9. The number of anilines is 1. The number of rotatable bonds is 4. The maximum Gasteiger partial charge on any atom is 0.292 e. The lowest BCUT2D eigenvalue weighted by atomic mass is 10.2. The molecule has 1 fully saturated rings. The molecule has 0 radical (unpaired) electrons. The van der Waals surface area contributed by atoms with E-state index in [0.717, 1.165) is 29.7 Å². The smallest absolute Gasteiger partial charge is 0.292 e. The Labute approximate surface area is 169 Å². The molecule has 29 heavy (non-hydrogen) atoms. The van der Waals surface area contributed by atoms with Gasteiger partial charge in [-0.05, 0) is 25.0 Å². The first-order valence-corrected chi connectivity index (χ1v) is 9.58.